The minimum absolute atomic E-state index is 0.00576. The number of unbranched alkanes of at least 4 members (excludes halogenated alkanes) is 19. The monoisotopic (exact) mass is 808 g/mol. The van der Waals surface area contributed by atoms with Gasteiger partial charge in [-0.15, -0.1) is 0 Å². The molecule has 0 bridgehead atoms. The normalized spacial score (nSPS) is 11.8. The topological polar surface area (TPSA) is 65.1 Å². The molecule has 340 valence electrons. The van der Waals surface area contributed by atoms with Gasteiger partial charge in [-0.2, -0.15) is 0 Å². The molecule has 6 nitrogen and oxygen atoms in total. The summed E-state index contributed by atoms with van der Waals surface area (Å²) >= 11 is 0. The van der Waals surface area contributed by atoms with Crippen LogP contribution in [0.5, 0.6) is 0 Å². The molecule has 0 radical (unpaired) electrons. The Bertz CT molecular complexity index is 756. The number of hydrogen-bond acceptors (Lipinski definition) is 6. The van der Waals surface area contributed by atoms with Crippen LogP contribution in [0.15, 0.2) is 0 Å². The highest BCUT2D eigenvalue weighted by Gasteiger charge is 2.13. The average Bonchev–Trinajstić information content (AvgIpc) is 3.19. The first kappa shape index (κ1) is 55.9. The quantitative estimate of drug-likeness (QED) is 0.0451. The van der Waals surface area contributed by atoms with Crippen molar-refractivity contribution in [3.8, 4) is 0 Å². The Balaban J connectivity index is 4.17. The van der Waals surface area contributed by atoms with Gasteiger partial charge in [-0.1, -0.05) is 195 Å². The molecule has 0 aromatic heterocycles. The van der Waals surface area contributed by atoms with Gasteiger partial charge in [-0.25, -0.2) is 0 Å². The highest BCUT2D eigenvalue weighted by molar-refractivity contribution is 5.69. The Morgan fingerprint density at radius 3 is 1.11 bits per heavy atom. The number of hydrogen-bond donors (Lipinski definition) is 0. The van der Waals surface area contributed by atoms with E-state index in [2.05, 4.69) is 46.7 Å². The van der Waals surface area contributed by atoms with Gasteiger partial charge in [0.2, 0.25) is 0 Å². The Labute approximate surface area is 356 Å². The van der Waals surface area contributed by atoms with Crippen molar-refractivity contribution in [3.05, 3.63) is 0 Å². The molecule has 0 heterocycles. The number of carbonyl (C=O) groups is 2. The molecule has 0 amide bonds. The number of esters is 2. The third-order valence-electron chi connectivity index (χ3n) is 12.1. The van der Waals surface area contributed by atoms with Gasteiger partial charge in [-0.3, -0.25) is 9.59 Å². The molecule has 0 saturated heterocycles. The second-order valence-electron chi connectivity index (χ2n) is 18.1. The lowest BCUT2D eigenvalue weighted by Gasteiger charge is -2.18. The Kier molecular flexibility index (Phi) is 43.5. The van der Waals surface area contributed by atoms with Gasteiger partial charge in [0.25, 0.3) is 0 Å². The van der Waals surface area contributed by atoms with Crippen LogP contribution in [0.2, 0.25) is 0 Å². The largest absolute Gasteiger partial charge is 0.466 e. The maximum Gasteiger partial charge on any atom is 0.305 e. The molecule has 57 heavy (non-hydrogen) atoms. The molecule has 0 aliphatic carbocycles. The molecule has 0 aromatic rings. The van der Waals surface area contributed by atoms with Gasteiger partial charge in [-0.05, 0) is 83.8 Å². The summed E-state index contributed by atoms with van der Waals surface area (Å²) in [6.45, 7) is 12.3. The molecule has 6 heteroatoms. The molecule has 0 unspecified atom stereocenters. The van der Waals surface area contributed by atoms with Gasteiger partial charge in [0.15, 0.2) is 0 Å². The zero-order valence-corrected chi connectivity index (χ0v) is 39.5. The van der Waals surface area contributed by atoms with E-state index in [1.807, 2.05) is 0 Å². The van der Waals surface area contributed by atoms with Crippen molar-refractivity contribution >= 4 is 11.9 Å². The molecule has 0 spiro atoms. The van der Waals surface area contributed by atoms with E-state index in [9.17, 15) is 9.59 Å². The molecule has 0 fully saturated rings. The number of nitrogens with zero attached hydrogens (tertiary/aromatic N) is 1. The van der Waals surface area contributed by atoms with Crippen LogP contribution < -0.4 is 0 Å². The molecule has 0 rings (SSSR count). The van der Waals surface area contributed by atoms with Gasteiger partial charge >= 0.3 is 11.9 Å². The van der Waals surface area contributed by atoms with Gasteiger partial charge in [0.1, 0.15) is 0 Å². The van der Waals surface area contributed by atoms with Crippen LogP contribution >= 0.6 is 0 Å². The lowest BCUT2D eigenvalue weighted by Crippen LogP contribution is -2.16. The van der Waals surface area contributed by atoms with Crippen molar-refractivity contribution in [1.29, 1.82) is 0 Å². The fraction of sp³-hybridized carbons (Fsp3) is 0.961. The molecule has 0 saturated carbocycles. The lowest BCUT2D eigenvalue weighted by atomic mass is 9.92. The summed E-state index contributed by atoms with van der Waals surface area (Å²) in [5.74, 6) is 1.45. The molecule has 0 aromatic carbocycles. The minimum Gasteiger partial charge on any atom is -0.466 e. The van der Waals surface area contributed by atoms with E-state index in [-0.39, 0.29) is 11.9 Å². The molecule has 0 atom stereocenters. The predicted molar refractivity (Wildman–Crippen MR) is 246 cm³/mol. The summed E-state index contributed by atoms with van der Waals surface area (Å²) in [5.41, 5.74) is 0. The number of rotatable bonds is 46. The minimum atomic E-state index is 0.00576. The summed E-state index contributed by atoms with van der Waals surface area (Å²) in [4.78, 5) is 27.0. The van der Waals surface area contributed by atoms with E-state index in [4.69, 9.17) is 14.2 Å². The van der Waals surface area contributed by atoms with Crippen LogP contribution in [-0.2, 0) is 23.8 Å². The third kappa shape index (κ3) is 41.4. The summed E-state index contributed by atoms with van der Waals surface area (Å²) in [5, 5.41) is 0. The Morgan fingerprint density at radius 2 is 0.737 bits per heavy atom. The van der Waals surface area contributed by atoms with Crippen molar-refractivity contribution in [1.82, 2.24) is 4.90 Å². The van der Waals surface area contributed by atoms with E-state index in [0.29, 0.717) is 32.2 Å². The smallest absolute Gasteiger partial charge is 0.305 e. The second-order valence-corrected chi connectivity index (χ2v) is 18.1. The average molecular weight is 808 g/mol. The maximum absolute atomic E-state index is 12.4. The first-order valence-corrected chi connectivity index (χ1v) is 25.4. The zero-order valence-electron chi connectivity index (χ0n) is 39.5. The van der Waals surface area contributed by atoms with E-state index >= 15 is 0 Å². The Morgan fingerprint density at radius 1 is 0.386 bits per heavy atom. The van der Waals surface area contributed by atoms with Crippen molar-refractivity contribution < 1.29 is 23.8 Å². The first-order valence-electron chi connectivity index (χ1n) is 25.4. The standard InChI is InChI=1S/C51H101NO5/c1-7-11-23-33-47(34-24-12-8-2)41-45-56-50(53)39-29-21-17-15-19-27-37-49(55-44-32-31-43-52(5)6)38-28-20-16-18-22-30-40-51(54)57-46-42-48(35-25-13-9-3)36-26-14-10-4/h47-49H,7-46H2,1-6H3. The summed E-state index contributed by atoms with van der Waals surface area (Å²) < 4.78 is 17.7. The summed E-state index contributed by atoms with van der Waals surface area (Å²) in [7, 11) is 4.28. The summed E-state index contributed by atoms with van der Waals surface area (Å²) in [6, 6.07) is 0. The second kappa shape index (κ2) is 44.4. The van der Waals surface area contributed by atoms with E-state index in [1.165, 1.54) is 161 Å². The zero-order chi connectivity index (χ0) is 41.9. The van der Waals surface area contributed by atoms with Crippen molar-refractivity contribution in [2.75, 3.05) is 40.5 Å². The van der Waals surface area contributed by atoms with E-state index in [1.54, 1.807) is 0 Å². The van der Waals surface area contributed by atoms with Gasteiger partial charge in [0.05, 0.1) is 19.3 Å². The van der Waals surface area contributed by atoms with E-state index < -0.39 is 0 Å². The van der Waals surface area contributed by atoms with Crippen LogP contribution in [0.4, 0.5) is 0 Å². The predicted octanol–water partition coefficient (Wildman–Crippen LogP) is 15.4. The molecule has 0 aliphatic rings. The third-order valence-corrected chi connectivity index (χ3v) is 12.1. The van der Waals surface area contributed by atoms with Crippen LogP contribution in [0.1, 0.15) is 259 Å². The highest BCUT2D eigenvalue weighted by Crippen LogP contribution is 2.23. The molecular formula is C51H101NO5. The fourth-order valence-corrected chi connectivity index (χ4v) is 8.21. The molecule has 0 N–H and O–H groups in total. The SMILES string of the molecule is CCCCCC(CCCCC)CCOC(=O)CCCCCCCCC(CCCCCCCCC(=O)OCCC(CCCCC)CCCCC)OCCCCN(C)C. The van der Waals surface area contributed by atoms with Crippen molar-refractivity contribution in [3.63, 3.8) is 0 Å². The van der Waals surface area contributed by atoms with Crippen LogP contribution in [0.3, 0.4) is 0 Å². The van der Waals surface area contributed by atoms with Crippen LogP contribution in [-0.4, -0.2) is 63.4 Å². The van der Waals surface area contributed by atoms with Crippen molar-refractivity contribution in [2.24, 2.45) is 11.8 Å². The fourth-order valence-electron chi connectivity index (χ4n) is 8.21. The molecule has 0 aliphatic heterocycles. The van der Waals surface area contributed by atoms with Gasteiger partial charge < -0.3 is 19.1 Å². The van der Waals surface area contributed by atoms with Crippen LogP contribution in [0.25, 0.3) is 0 Å². The van der Waals surface area contributed by atoms with Crippen LogP contribution in [0, 0.1) is 11.8 Å². The van der Waals surface area contributed by atoms with Crippen molar-refractivity contribution in [2.45, 2.75) is 265 Å². The number of carbonyl (C=O) groups excluding carboxylic acids is 2. The maximum atomic E-state index is 12.4. The van der Waals surface area contributed by atoms with E-state index in [0.717, 1.165) is 82.8 Å². The first-order chi connectivity index (χ1) is 27.9. The van der Waals surface area contributed by atoms with Gasteiger partial charge in [0, 0.05) is 19.4 Å². The lowest BCUT2D eigenvalue weighted by molar-refractivity contribution is -0.145. The Hall–Kier alpha value is -1.14. The summed E-state index contributed by atoms with van der Waals surface area (Å²) in [6.07, 6.45) is 43.1. The number of ether oxygens (including phenoxy) is 3. The highest BCUT2D eigenvalue weighted by atomic mass is 16.5. The molecular weight excluding hydrogens is 707 g/mol.